The number of hydrazine groups is 1. The van der Waals surface area contributed by atoms with E-state index >= 15 is 0 Å². The quantitative estimate of drug-likeness (QED) is 0.0548. The molecule has 11 heteroatoms. The number of amidine groups is 1. The van der Waals surface area contributed by atoms with E-state index in [2.05, 4.69) is 20.7 Å². The molecule has 7 N–H and O–H groups in total. The predicted molar refractivity (Wildman–Crippen MR) is 153 cm³/mol. The predicted octanol–water partition coefficient (Wildman–Crippen LogP) is 3.82. The number of unbranched alkanes of at least 4 members (excludes halogenated alkanes) is 2. The SMILES string of the molecule is CNCCCCn1cc(NC(C)=N/C=C(/N)C(=C(C)C)N(N)c2ccc(OCCCCC(=O)O)cc2)cn1. The van der Waals surface area contributed by atoms with Crippen molar-refractivity contribution in [3.63, 3.8) is 0 Å². The molecule has 0 radical (unpaired) electrons. The van der Waals surface area contributed by atoms with Crippen molar-refractivity contribution in [2.75, 3.05) is 30.5 Å². The molecule has 0 amide bonds. The van der Waals surface area contributed by atoms with Gasteiger partial charge in [0.2, 0.25) is 0 Å². The zero-order chi connectivity index (χ0) is 27.9. The van der Waals surface area contributed by atoms with Crippen molar-refractivity contribution in [1.82, 2.24) is 15.1 Å². The molecule has 0 aliphatic carbocycles. The van der Waals surface area contributed by atoms with Crippen LogP contribution in [0.3, 0.4) is 0 Å². The number of allylic oxidation sites excluding steroid dienone is 1. The number of nitrogens with one attached hydrogen (secondary N) is 2. The minimum Gasteiger partial charge on any atom is -0.494 e. The number of aliphatic carboxylic acids is 1. The summed E-state index contributed by atoms with van der Waals surface area (Å²) in [5.74, 6) is 6.99. The van der Waals surface area contributed by atoms with Crippen molar-refractivity contribution in [2.45, 2.75) is 59.4 Å². The number of nitrogens with two attached hydrogens (primary N) is 2. The molecular formula is C27H42N8O3. The smallest absolute Gasteiger partial charge is 0.303 e. The Hall–Kier alpha value is -3.83. The summed E-state index contributed by atoms with van der Waals surface area (Å²) in [5, 5.41) is 21.0. The van der Waals surface area contributed by atoms with Crippen molar-refractivity contribution >= 4 is 23.2 Å². The first-order chi connectivity index (χ1) is 18.2. The maximum absolute atomic E-state index is 10.6. The van der Waals surface area contributed by atoms with Crippen LogP contribution in [0.4, 0.5) is 11.4 Å². The molecule has 11 nitrogen and oxygen atoms in total. The molecule has 0 saturated carbocycles. The fourth-order valence-corrected chi connectivity index (χ4v) is 3.66. The Bertz CT molecular complexity index is 1100. The van der Waals surface area contributed by atoms with Gasteiger partial charge in [0, 0.05) is 19.2 Å². The van der Waals surface area contributed by atoms with E-state index in [0.29, 0.717) is 42.4 Å². The second kappa shape index (κ2) is 16.1. The van der Waals surface area contributed by atoms with Gasteiger partial charge in [0.1, 0.15) is 11.6 Å². The summed E-state index contributed by atoms with van der Waals surface area (Å²) >= 11 is 0. The number of benzene rings is 1. The van der Waals surface area contributed by atoms with E-state index < -0.39 is 5.97 Å². The highest BCUT2D eigenvalue weighted by Gasteiger charge is 2.13. The fraction of sp³-hybridized carbons (Fsp3) is 0.444. The Kier molecular flexibility index (Phi) is 12.9. The highest BCUT2D eigenvalue weighted by Crippen LogP contribution is 2.24. The van der Waals surface area contributed by atoms with Gasteiger partial charge < -0.3 is 26.2 Å². The fourth-order valence-electron chi connectivity index (χ4n) is 3.66. The summed E-state index contributed by atoms with van der Waals surface area (Å²) in [6.07, 6.45) is 8.87. The van der Waals surface area contributed by atoms with Gasteiger partial charge in [-0.2, -0.15) is 5.10 Å². The third-order valence-electron chi connectivity index (χ3n) is 5.58. The molecule has 0 unspecified atom stereocenters. The molecule has 1 heterocycles. The summed E-state index contributed by atoms with van der Waals surface area (Å²) in [6, 6.07) is 7.33. The normalized spacial score (nSPS) is 11.8. The number of nitrogens with zero attached hydrogens (tertiary/aromatic N) is 4. The van der Waals surface area contributed by atoms with Crippen LogP contribution in [-0.2, 0) is 11.3 Å². The van der Waals surface area contributed by atoms with Crippen LogP contribution < -0.4 is 32.0 Å². The maximum atomic E-state index is 10.6. The number of hydrogen-bond acceptors (Lipinski definition) is 8. The minimum absolute atomic E-state index is 0.145. The first-order valence-electron chi connectivity index (χ1n) is 12.8. The van der Waals surface area contributed by atoms with E-state index in [0.717, 1.165) is 42.9 Å². The van der Waals surface area contributed by atoms with Gasteiger partial charge in [-0.25, -0.2) is 10.8 Å². The van der Waals surface area contributed by atoms with E-state index in [1.807, 2.05) is 63.0 Å². The Morgan fingerprint density at radius 2 is 1.92 bits per heavy atom. The lowest BCUT2D eigenvalue weighted by molar-refractivity contribution is -0.137. The van der Waals surface area contributed by atoms with Crippen molar-refractivity contribution in [2.24, 2.45) is 16.6 Å². The molecule has 1 aromatic heterocycles. The average molecular weight is 527 g/mol. The molecule has 208 valence electrons. The van der Waals surface area contributed by atoms with Crippen LogP contribution in [0.1, 0.15) is 52.9 Å². The summed E-state index contributed by atoms with van der Waals surface area (Å²) in [7, 11) is 1.95. The van der Waals surface area contributed by atoms with E-state index in [1.165, 1.54) is 5.01 Å². The Morgan fingerprint density at radius 1 is 1.18 bits per heavy atom. The molecule has 0 aliphatic heterocycles. The lowest BCUT2D eigenvalue weighted by Gasteiger charge is -2.24. The zero-order valence-corrected chi connectivity index (χ0v) is 22.9. The number of anilines is 2. The molecule has 0 spiro atoms. The van der Waals surface area contributed by atoms with Gasteiger partial charge in [-0.3, -0.25) is 14.5 Å². The number of aliphatic imine (C=N–C) groups is 1. The number of rotatable bonds is 16. The first-order valence-corrected chi connectivity index (χ1v) is 12.8. The van der Waals surface area contributed by atoms with Gasteiger partial charge >= 0.3 is 5.97 Å². The van der Waals surface area contributed by atoms with Gasteiger partial charge in [-0.05, 0) is 89.9 Å². The summed E-state index contributed by atoms with van der Waals surface area (Å²) < 4.78 is 7.60. The van der Waals surface area contributed by atoms with E-state index in [4.69, 9.17) is 21.4 Å². The van der Waals surface area contributed by atoms with Crippen molar-refractivity contribution in [3.05, 3.63) is 59.8 Å². The largest absolute Gasteiger partial charge is 0.494 e. The second-order valence-corrected chi connectivity index (χ2v) is 9.14. The molecular weight excluding hydrogens is 484 g/mol. The van der Waals surface area contributed by atoms with Crippen LogP contribution in [0.5, 0.6) is 5.75 Å². The van der Waals surface area contributed by atoms with E-state index in [-0.39, 0.29) is 6.42 Å². The number of aromatic nitrogens is 2. The zero-order valence-electron chi connectivity index (χ0n) is 22.9. The maximum Gasteiger partial charge on any atom is 0.303 e. The number of aryl methyl sites for hydroxylation is 1. The van der Waals surface area contributed by atoms with Gasteiger partial charge in [0.25, 0.3) is 0 Å². The molecule has 2 rings (SSSR count). The molecule has 0 atom stereocenters. The lowest BCUT2D eigenvalue weighted by atomic mass is 10.2. The first kappa shape index (κ1) is 30.4. The van der Waals surface area contributed by atoms with Crippen LogP contribution in [0.2, 0.25) is 0 Å². The summed E-state index contributed by atoms with van der Waals surface area (Å²) in [6.45, 7) is 8.04. The molecule has 0 saturated heterocycles. The van der Waals surface area contributed by atoms with Gasteiger partial charge in [0.05, 0.1) is 41.8 Å². The van der Waals surface area contributed by atoms with Crippen LogP contribution in [0.15, 0.2) is 64.8 Å². The molecule has 1 aromatic carbocycles. The second-order valence-electron chi connectivity index (χ2n) is 9.14. The van der Waals surface area contributed by atoms with Gasteiger partial charge in [-0.15, -0.1) is 0 Å². The Morgan fingerprint density at radius 3 is 2.58 bits per heavy atom. The minimum atomic E-state index is -0.795. The average Bonchev–Trinajstić information content (AvgIpc) is 3.32. The Balaban J connectivity index is 1.97. The Labute approximate surface area is 225 Å². The van der Waals surface area contributed by atoms with Crippen LogP contribution >= 0.6 is 0 Å². The number of carboxylic acids is 1. The monoisotopic (exact) mass is 526 g/mol. The molecule has 38 heavy (non-hydrogen) atoms. The number of carbonyl (C=O) groups is 1. The van der Waals surface area contributed by atoms with Crippen molar-refractivity contribution in [1.29, 1.82) is 0 Å². The van der Waals surface area contributed by atoms with Crippen LogP contribution in [0, 0.1) is 0 Å². The standard InChI is InChI=1S/C27H42N8O3/c1-20(2)27(35(29)23-10-12-24(13-11-23)38-16-8-5-9-26(36)37)25(28)18-31-21(3)33-22-17-32-34(19-22)15-7-6-14-30-4/h10-13,17-19,30H,5-9,14-16,28-29H2,1-4H3,(H,31,33)(H,36,37)/b25-18+. The topological polar surface area (TPSA) is 156 Å². The van der Waals surface area contributed by atoms with Crippen molar-refractivity contribution < 1.29 is 14.6 Å². The number of hydrogen-bond donors (Lipinski definition) is 5. The van der Waals surface area contributed by atoms with Crippen LogP contribution in [-0.4, -0.2) is 46.9 Å². The van der Waals surface area contributed by atoms with Crippen molar-refractivity contribution in [3.8, 4) is 5.75 Å². The summed E-state index contributed by atoms with van der Waals surface area (Å²) in [4.78, 5) is 15.1. The highest BCUT2D eigenvalue weighted by atomic mass is 16.5. The van der Waals surface area contributed by atoms with Crippen LogP contribution in [0.25, 0.3) is 0 Å². The highest BCUT2D eigenvalue weighted by molar-refractivity contribution is 5.93. The third kappa shape index (κ3) is 10.7. The van der Waals surface area contributed by atoms with E-state index in [1.54, 1.807) is 12.4 Å². The number of ether oxygens (including phenoxy) is 1. The van der Waals surface area contributed by atoms with Gasteiger partial charge in [-0.1, -0.05) is 0 Å². The lowest BCUT2D eigenvalue weighted by Crippen LogP contribution is -2.33. The summed E-state index contributed by atoms with van der Waals surface area (Å²) in [5.41, 5.74) is 9.99. The van der Waals surface area contributed by atoms with E-state index in [9.17, 15) is 4.79 Å². The molecule has 0 fully saturated rings. The molecule has 0 bridgehead atoms. The molecule has 0 aliphatic rings. The third-order valence-corrected chi connectivity index (χ3v) is 5.58. The molecule has 2 aromatic rings. The number of carboxylic acid groups (broad SMARTS) is 1. The van der Waals surface area contributed by atoms with Gasteiger partial charge in [0.15, 0.2) is 0 Å².